The Bertz CT molecular complexity index is 588. The summed E-state index contributed by atoms with van der Waals surface area (Å²) in [6, 6.07) is 14.6. The van der Waals surface area contributed by atoms with Crippen molar-refractivity contribution in [1.29, 1.82) is 0 Å². The molecule has 0 atom stereocenters. The molecule has 0 unspecified atom stereocenters. The molecule has 0 aliphatic rings. The van der Waals surface area contributed by atoms with Crippen LogP contribution in [0.3, 0.4) is 0 Å². The van der Waals surface area contributed by atoms with Crippen molar-refractivity contribution >= 4 is 23.5 Å². The monoisotopic (exact) mass is 323 g/mol. The first-order valence-corrected chi connectivity index (χ1v) is 6.78. The van der Waals surface area contributed by atoms with Gasteiger partial charge in [-0.05, 0) is 30.8 Å². The second-order valence-electron chi connectivity index (χ2n) is 3.86. The van der Waals surface area contributed by atoms with E-state index >= 15 is 0 Å². The molecule has 4 N–H and O–H groups in total. The fourth-order valence-electron chi connectivity index (χ4n) is 1.22. The fourth-order valence-corrected chi connectivity index (χ4v) is 1.43. The smallest absolute Gasteiger partial charge is 0.337 e. The van der Waals surface area contributed by atoms with Crippen LogP contribution in [-0.4, -0.2) is 28.7 Å². The minimum absolute atomic E-state index is 0.143. The van der Waals surface area contributed by atoms with Crippen LogP contribution < -0.4 is 5.73 Å². The van der Waals surface area contributed by atoms with E-state index < -0.39 is 11.9 Å². The summed E-state index contributed by atoms with van der Waals surface area (Å²) in [5.74, 6) is -1.87. The highest BCUT2D eigenvalue weighted by atomic mass is 35.5. The van der Waals surface area contributed by atoms with E-state index in [0.29, 0.717) is 5.56 Å². The van der Waals surface area contributed by atoms with Crippen molar-refractivity contribution in [2.24, 2.45) is 5.73 Å². The van der Waals surface area contributed by atoms with Crippen LogP contribution >= 0.6 is 11.6 Å². The van der Waals surface area contributed by atoms with Crippen LogP contribution in [0.4, 0.5) is 0 Å². The van der Waals surface area contributed by atoms with Gasteiger partial charge in [0.1, 0.15) is 0 Å². The second kappa shape index (κ2) is 11.3. The van der Waals surface area contributed by atoms with Crippen LogP contribution in [0.1, 0.15) is 27.6 Å². The third kappa shape index (κ3) is 8.04. The highest BCUT2D eigenvalue weighted by Crippen LogP contribution is 2.13. The summed E-state index contributed by atoms with van der Waals surface area (Å²) in [5, 5.41) is 17.1. The Morgan fingerprint density at radius 1 is 0.955 bits per heavy atom. The lowest BCUT2D eigenvalue weighted by Gasteiger charge is -1.94. The normalized spacial score (nSPS) is 8.68. The molecule has 0 aliphatic heterocycles. The molecule has 118 valence electrons. The zero-order chi connectivity index (χ0) is 17.0. The molecule has 5 nitrogen and oxygen atoms in total. The van der Waals surface area contributed by atoms with E-state index in [2.05, 4.69) is 0 Å². The lowest BCUT2D eigenvalue weighted by Crippen LogP contribution is -1.95. The number of aromatic carboxylic acids is 2. The lowest BCUT2D eigenvalue weighted by molar-refractivity contribution is 0.0686. The molecule has 22 heavy (non-hydrogen) atoms. The van der Waals surface area contributed by atoms with E-state index in [1.807, 2.05) is 6.92 Å². The van der Waals surface area contributed by atoms with Crippen molar-refractivity contribution in [3.63, 3.8) is 0 Å². The minimum Gasteiger partial charge on any atom is -0.478 e. The number of carboxylic acid groups (broad SMARTS) is 2. The molecule has 2 aromatic carbocycles. The first kappa shape index (κ1) is 19.6. The van der Waals surface area contributed by atoms with Gasteiger partial charge in [0.15, 0.2) is 0 Å². The van der Waals surface area contributed by atoms with Gasteiger partial charge in [0, 0.05) is 0 Å². The van der Waals surface area contributed by atoms with Crippen molar-refractivity contribution in [2.45, 2.75) is 6.92 Å². The van der Waals surface area contributed by atoms with Gasteiger partial charge in [0.05, 0.1) is 16.1 Å². The van der Waals surface area contributed by atoms with Crippen molar-refractivity contribution < 1.29 is 19.8 Å². The predicted octanol–water partition coefficient (Wildman–Crippen LogP) is 3.39. The van der Waals surface area contributed by atoms with Gasteiger partial charge in [-0.25, -0.2) is 9.59 Å². The maximum absolute atomic E-state index is 10.3. The van der Waals surface area contributed by atoms with E-state index in [9.17, 15) is 9.59 Å². The predicted molar refractivity (Wildman–Crippen MR) is 86.5 cm³/mol. The number of halogens is 1. The average Bonchev–Trinajstić information content (AvgIpc) is 2.50. The van der Waals surface area contributed by atoms with Crippen LogP contribution in [0.2, 0.25) is 5.02 Å². The summed E-state index contributed by atoms with van der Waals surface area (Å²) >= 11 is 5.54. The van der Waals surface area contributed by atoms with E-state index in [1.165, 1.54) is 6.07 Å². The molecule has 0 saturated heterocycles. The molecular formula is C16H18ClNO4. The van der Waals surface area contributed by atoms with E-state index in [1.54, 1.807) is 48.5 Å². The number of carboxylic acids is 2. The van der Waals surface area contributed by atoms with Crippen LogP contribution in [0.25, 0.3) is 0 Å². The van der Waals surface area contributed by atoms with E-state index in [4.69, 9.17) is 27.5 Å². The lowest BCUT2D eigenvalue weighted by atomic mass is 10.2. The molecule has 0 aliphatic carbocycles. The van der Waals surface area contributed by atoms with E-state index in [0.717, 1.165) is 6.54 Å². The Morgan fingerprint density at radius 2 is 1.41 bits per heavy atom. The Morgan fingerprint density at radius 3 is 1.73 bits per heavy atom. The Balaban J connectivity index is 0.000000342. The van der Waals surface area contributed by atoms with Crippen molar-refractivity contribution in [1.82, 2.24) is 0 Å². The van der Waals surface area contributed by atoms with Gasteiger partial charge in [-0.1, -0.05) is 48.9 Å². The summed E-state index contributed by atoms with van der Waals surface area (Å²) in [5.41, 5.74) is 5.32. The third-order valence-corrected chi connectivity index (χ3v) is 2.45. The van der Waals surface area contributed by atoms with Crippen molar-refractivity contribution in [2.75, 3.05) is 6.54 Å². The first-order valence-electron chi connectivity index (χ1n) is 6.40. The molecular weight excluding hydrogens is 306 g/mol. The first-order chi connectivity index (χ1) is 10.4. The highest BCUT2D eigenvalue weighted by Gasteiger charge is 2.04. The Kier molecular flexibility index (Phi) is 10.1. The largest absolute Gasteiger partial charge is 0.478 e. The average molecular weight is 324 g/mol. The van der Waals surface area contributed by atoms with Crippen LogP contribution in [0.5, 0.6) is 0 Å². The van der Waals surface area contributed by atoms with Gasteiger partial charge in [0.25, 0.3) is 0 Å². The van der Waals surface area contributed by atoms with Crippen LogP contribution in [0, 0.1) is 0 Å². The fraction of sp³-hybridized carbons (Fsp3) is 0.125. The van der Waals surface area contributed by atoms with Gasteiger partial charge in [-0.15, -0.1) is 0 Å². The molecule has 0 spiro atoms. The third-order valence-electron chi connectivity index (χ3n) is 2.13. The van der Waals surface area contributed by atoms with Gasteiger partial charge in [-0.3, -0.25) is 0 Å². The number of rotatable bonds is 2. The molecule has 0 amide bonds. The quantitative estimate of drug-likeness (QED) is 0.786. The molecule has 0 saturated carbocycles. The van der Waals surface area contributed by atoms with Crippen LogP contribution in [0.15, 0.2) is 54.6 Å². The molecule has 0 radical (unpaired) electrons. The number of hydrogen-bond acceptors (Lipinski definition) is 3. The SMILES string of the molecule is CCN.O=C(O)c1ccccc1.O=C(O)c1ccccc1Cl. The molecule has 0 fully saturated rings. The van der Waals surface area contributed by atoms with Gasteiger partial charge in [0.2, 0.25) is 0 Å². The number of nitrogens with two attached hydrogens (primary N) is 1. The summed E-state index contributed by atoms with van der Waals surface area (Å²) in [6.07, 6.45) is 0. The maximum Gasteiger partial charge on any atom is 0.337 e. The molecule has 2 aromatic rings. The zero-order valence-electron chi connectivity index (χ0n) is 12.1. The zero-order valence-corrected chi connectivity index (χ0v) is 12.8. The number of carbonyl (C=O) groups is 2. The minimum atomic E-state index is -0.995. The highest BCUT2D eigenvalue weighted by molar-refractivity contribution is 6.33. The molecule has 0 heterocycles. The summed E-state index contributed by atoms with van der Waals surface area (Å²) in [4.78, 5) is 20.5. The number of benzene rings is 2. The van der Waals surface area contributed by atoms with Crippen LogP contribution in [-0.2, 0) is 0 Å². The maximum atomic E-state index is 10.3. The molecule has 0 aromatic heterocycles. The number of hydrogen-bond donors (Lipinski definition) is 3. The standard InChI is InChI=1S/C7H5ClO2.C7H6O2.C2H7N/c8-6-4-2-1-3-5(6)7(9)10;8-7(9)6-4-2-1-3-5-6;1-2-3/h1-4H,(H,9,10);1-5H,(H,8,9);2-3H2,1H3. The molecule has 2 rings (SSSR count). The Hall–Kier alpha value is -2.37. The van der Waals surface area contributed by atoms with Crippen molar-refractivity contribution in [3.8, 4) is 0 Å². The van der Waals surface area contributed by atoms with E-state index in [-0.39, 0.29) is 10.6 Å². The molecule has 6 heteroatoms. The van der Waals surface area contributed by atoms with Gasteiger partial charge in [-0.2, -0.15) is 0 Å². The van der Waals surface area contributed by atoms with Gasteiger partial charge < -0.3 is 15.9 Å². The topological polar surface area (TPSA) is 101 Å². The Labute approximate surface area is 134 Å². The molecule has 0 bridgehead atoms. The second-order valence-corrected chi connectivity index (χ2v) is 4.27. The van der Waals surface area contributed by atoms with Gasteiger partial charge >= 0.3 is 11.9 Å². The summed E-state index contributed by atoms with van der Waals surface area (Å²) in [7, 11) is 0. The summed E-state index contributed by atoms with van der Waals surface area (Å²) < 4.78 is 0. The summed E-state index contributed by atoms with van der Waals surface area (Å²) in [6.45, 7) is 2.65. The van der Waals surface area contributed by atoms with Crippen molar-refractivity contribution in [3.05, 3.63) is 70.7 Å².